The number of methoxy groups -OCH3 is 2. The maximum atomic E-state index is 10.5. The summed E-state index contributed by atoms with van der Waals surface area (Å²) in [6.45, 7) is 7.78. The summed E-state index contributed by atoms with van der Waals surface area (Å²) < 4.78 is 16.3. The van der Waals surface area contributed by atoms with Crippen molar-refractivity contribution in [1.82, 2.24) is 10.6 Å². The summed E-state index contributed by atoms with van der Waals surface area (Å²) >= 11 is 0. The average molecular weight is 572 g/mol. The van der Waals surface area contributed by atoms with Gasteiger partial charge in [0.15, 0.2) is 17.5 Å². The summed E-state index contributed by atoms with van der Waals surface area (Å²) in [5.74, 6) is 2.96. The summed E-state index contributed by atoms with van der Waals surface area (Å²) in [4.78, 5) is 4.53. The third-order valence-electron chi connectivity index (χ3n) is 4.79. The standard InChI is InChI=1S/C25H37N3O4.HI/c1-6-26-25(27-15-7-8-19-9-14-23(30-4)24(16-19)31-5)28-17-22(29)20-10-12-21(13-11-20)32-18(2)3;/h9-14,16,18,22,29H,6-8,15,17H2,1-5H3,(H2,26,27,28);1H. The van der Waals surface area contributed by atoms with E-state index < -0.39 is 6.10 Å². The van der Waals surface area contributed by atoms with E-state index in [0.717, 1.165) is 48.7 Å². The van der Waals surface area contributed by atoms with E-state index in [4.69, 9.17) is 14.2 Å². The van der Waals surface area contributed by atoms with Gasteiger partial charge < -0.3 is 30.0 Å². The smallest absolute Gasteiger partial charge is 0.191 e. The number of nitrogens with zero attached hydrogens (tertiary/aromatic N) is 1. The Bertz CT molecular complexity index is 844. The van der Waals surface area contributed by atoms with Gasteiger partial charge in [-0.2, -0.15) is 0 Å². The number of guanidine groups is 1. The number of aliphatic hydroxyl groups is 1. The molecular weight excluding hydrogens is 533 g/mol. The summed E-state index contributed by atoms with van der Waals surface area (Å²) in [7, 11) is 3.28. The molecule has 184 valence electrons. The Labute approximate surface area is 215 Å². The summed E-state index contributed by atoms with van der Waals surface area (Å²) in [5.41, 5.74) is 2.00. The monoisotopic (exact) mass is 571 g/mol. The molecule has 0 aliphatic carbocycles. The van der Waals surface area contributed by atoms with Gasteiger partial charge in [0.05, 0.1) is 33.0 Å². The highest BCUT2D eigenvalue weighted by atomic mass is 127. The van der Waals surface area contributed by atoms with Crippen molar-refractivity contribution < 1.29 is 19.3 Å². The molecule has 0 aromatic heterocycles. The molecule has 3 N–H and O–H groups in total. The Kier molecular flexibility index (Phi) is 13.6. The lowest BCUT2D eigenvalue weighted by molar-refractivity contribution is 0.186. The van der Waals surface area contributed by atoms with Crippen molar-refractivity contribution in [3.8, 4) is 17.2 Å². The molecule has 0 amide bonds. The maximum absolute atomic E-state index is 10.5. The van der Waals surface area contributed by atoms with Crippen LogP contribution < -0.4 is 24.8 Å². The van der Waals surface area contributed by atoms with Gasteiger partial charge in [0.1, 0.15) is 5.75 Å². The number of rotatable bonds is 12. The molecule has 8 heteroatoms. The first-order chi connectivity index (χ1) is 15.5. The SMILES string of the molecule is CCNC(=NCC(O)c1ccc(OC(C)C)cc1)NCCCc1ccc(OC)c(OC)c1.I. The van der Waals surface area contributed by atoms with E-state index in [1.54, 1.807) is 14.2 Å². The molecule has 0 saturated heterocycles. The third-order valence-corrected chi connectivity index (χ3v) is 4.79. The Morgan fingerprint density at radius 2 is 1.70 bits per heavy atom. The second-order valence-electron chi connectivity index (χ2n) is 7.69. The fourth-order valence-corrected chi connectivity index (χ4v) is 3.20. The fourth-order valence-electron chi connectivity index (χ4n) is 3.20. The minimum atomic E-state index is -0.676. The van der Waals surface area contributed by atoms with E-state index in [9.17, 15) is 5.11 Å². The van der Waals surface area contributed by atoms with Gasteiger partial charge in [-0.05, 0) is 69.0 Å². The minimum absolute atomic E-state index is 0. The van der Waals surface area contributed by atoms with Crippen molar-refractivity contribution in [1.29, 1.82) is 0 Å². The average Bonchev–Trinajstić information content (AvgIpc) is 2.79. The molecule has 0 radical (unpaired) electrons. The van der Waals surface area contributed by atoms with Crippen LogP contribution in [0.4, 0.5) is 0 Å². The van der Waals surface area contributed by atoms with Gasteiger partial charge in [0.2, 0.25) is 0 Å². The van der Waals surface area contributed by atoms with Crippen molar-refractivity contribution in [2.45, 2.75) is 45.8 Å². The lowest BCUT2D eigenvalue weighted by Gasteiger charge is -2.14. The Morgan fingerprint density at radius 3 is 2.30 bits per heavy atom. The summed E-state index contributed by atoms with van der Waals surface area (Å²) in [6.07, 6.45) is 1.28. The van der Waals surface area contributed by atoms with Crippen LogP contribution in [-0.2, 0) is 6.42 Å². The predicted octanol–water partition coefficient (Wildman–Crippen LogP) is 4.33. The van der Waals surface area contributed by atoms with Crippen LogP contribution in [0.2, 0.25) is 0 Å². The molecule has 7 nitrogen and oxygen atoms in total. The lowest BCUT2D eigenvalue weighted by Crippen LogP contribution is -2.38. The summed E-state index contributed by atoms with van der Waals surface area (Å²) in [5, 5.41) is 17.1. The van der Waals surface area contributed by atoms with E-state index >= 15 is 0 Å². The number of aryl methyl sites for hydroxylation is 1. The predicted molar refractivity (Wildman–Crippen MR) is 144 cm³/mol. The lowest BCUT2D eigenvalue weighted by atomic mass is 10.1. The van der Waals surface area contributed by atoms with Crippen LogP contribution in [0.25, 0.3) is 0 Å². The van der Waals surface area contributed by atoms with E-state index in [0.29, 0.717) is 5.96 Å². The summed E-state index contributed by atoms with van der Waals surface area (Å²) in [6, 6.07) is 13.5. The van der Waals surface area contributed by atoms with Gasteiger partial charge in [-0.15, -0.1) is 24.0 Å². The largest absolute Gasteiger partial charge is 0.493 e. The van der Waals surface area contributed by atoms with Gasteiger partial charge in [0, 0.05) is 13.1 Å². The molecule has 1 unspecified atom stereocenters. The molecule has 0 saturated carbocycles. The molecule has 0 bridgehead atoms. The van der Waals surface area contributed by atoms with E-state index in [-0.39, 0.29) is 36.6 Å². The zero-order chi connectivity index (χ0) is 23.3. The number of nitrogens with one attached hydrogen (secondary N) is 2. The number of ether oxygens (including phenoxy) is 3. The molecule has 0 spiro atoms. The van der Waals surface area contributed by atoms with Crippen molar-refractivity contribution in [3.63, 3.8) is 0 Å². The van der Waals surface area contributed by atoms with Crippen molar-refractivity contribution in [3.05, 3.63) is 53.6 Å². The van der Waals surface area contributed by atoms with Crippen LogP contribution >= 0.6 is 24.0 Å². The molecule has 0 aliphatic rings. The highest BCUT2D eigenvalue weighted by molar-refractivity contribution is 14.0. The number of halogens is 1. The molecule has 2 aromatic rings. The van der Waals surface area contributed by atoms with Crippen molar-refractivity contribution in [2.24, 2.45) is 4.99 Å². The topological polar surface area (TPSA) is 84.3 Å². The first-order valence-electron chi connectivity index (χ1n) is 11.1. The van der Waals surface area contributed by atoms with Gasteiger partial charge in [-0.25, -0.2) is 0 Å². The number of aliphatic imine (C=N–C) groups is 1. The van der Waals surface area contributed by atoms with Gasteiger partial charge in [-0.3, -0.25) is 4.99 Å². The Hall–Kier alpha value is -2.20. The first kappa shape index (κ1) is 28.8. The quantitative estimate of drug-likeness (QED) is 0.152. The van der Waals surface area contributed by atoms with Crippen LogP contribution in [0.15, 0.2) is 47.5 Å². The van der Waals surface area contributed by atoms with Crippen LogP contribution in [0.1, 0.15) is 44.4 Å². The highest BCUT2D eigenvalue weighted by Crippen LogP contribution is 2.27. The molecule has 33 heavy (non-hydrogen) atoms. The second kappa shape index (κ2) is 15.6. The molecule has 0 heterocycles. The Balaban J connectivity index is 0.00000544. The van der Waals surface area contributed by atoms with Gasteiger partial charge >= 0.3 is 0 Å². The van der Waals surface area contributed by atoms with Crippen LogP contribution in [-0.4, -0.2) is 51.0 Å². The fraction of sp³-hybridized carbons (Fsp3) is 0.480. The second-order valence-corrected chi connectivity index (χ2v) is 7.69. The normalized spacial score (nSPS) is 12.0. The van der Waals surface area contributed by atoms with Crippen LogP contribution in [0.5, 0.6) is 17.2 Å². The van der Waals surface area contributed by atoms with E-state index in [1.807, 2.05) is 57.2 Å². The Morgan fingerprint density at radius 1 is 1.00 bits per heavy atom. The van der Waals surface area contributed by atoms with Gasteiger partial charge in [0.25, 0.3) is 0 Å². The van der Waals surface area contributed by atoms with Crippen LogP contribution in [0.3, 0.4) is 0 Å². The van der Waals surface area contributed by atoms with Crippen molar-refractivity contribution in [2.75, 3.05) is 33.9 Å². The molecule has 0 fully saturated rings. The molecular formula is C25H38IN3O4. The molecule has 1 atom stereocenters. The molecule has 2 aromatic carbocycles. The first-order valence-corrected chi connectivity index (χ1v) is 11.1. The number of benzene rings is 2. The van der Waals surface area contributed by atoms with Crippen molar-refractivity contribution >= 4 is 29.9 Å². The number of hydrogen-bond acceptors (Lipinski definition) is 5. The van der Waals surface area contributed by atoms with E-state index in [2.05, 4.69) is 21.7 Å². The minimum Gasteiger partial charge on any atom is -0.493 e. The molecule has 2 rings (SSSR count). The van der Waals surface area contributed by atoms with Crippen LogP contribution in [0, 0.1) is 0 Å². The highest BCUT2D eigenvalue weighted by Gasteiger charge is 2.09. The maximum Gasteiger partial charge on any atom is 0.191 e. The zero-order valence-electron chi connectivity index (χ0n) is 20.3. The van der Waals surface area contributed by atoms with Gasteiger partial charge in [-0.1, -0.05) is 18.2 Å². The molecule has 0 aliphatic heterocycles. The number of hydrogen-bond donors (Lipinski definition) is 3. The van der Waals surface area contributed by atoms with E-state index in [1.165, 1.54) is 5.56 Å². The third kappa shape index (κ3) is 10.1. The number of aliphatic hydroxyl groups excluding tert-OH is 1. The zero-order valence-corrected chi connectivity index (χ0v) is 22.6.